The molecule has 0 saturated carbocycles. The lowest BCUT2D eigenvalue weighted by Crippen LogP contribution is -2.28. The fourth-order valence-corrected chi connectivity index (χ4v) is 3.35. The molecule has 5 nitrogen and oxygen atoms in total. The number of carbonyl (C=O) groups excluding carboxylic acids is 2. The number of benzene rings is 1. The number of rotatable bonds is 6. The van der Waals surface area contributed by atoms with Crippen LogP contribution in [0.25, 0.3) is 0 Å². The second-order valence-corrected chi connectivity index (χ2v) is 7.80. The summed E-state index contributed by atoms with van der Waals surface area (Å²) in [5.74, 6) is 0.0614. The smallest absolute Gasteiger partial charge is 0.240 e. The van der Waals surface area contributed by atoms with Gasteiger partial charge in [-0.15, -0.1) is 0 Å². The number of anilines is 1. The van der Waals surface area contributed by atoms with E-state index in [0.29, 0.717) is 28.3 Å². The van der Waals surface area contributed by atoms with E-state index in [1.807, 2.05) is 0 Å². The second kappa shape index (κ2) is 8.74. The highest BCUT2D eigenvalue weighted by molar-refractivity contribution is 8.15. The molecule has 1 fully saturated rings. The number of halogens is 2. The van der Waals surface area contributed by atoms with E-state index in [1.165, 1.54) is 11.8 Å². The Kier molecular flexibility index (Phi) is 6.95. The summed E-state index contributed by atoms with van der Waals surface area (Å²) >= 11 is 13.2. The van der Waals surface area contributed by atoms with Crippen LogP contribution >= 0.6 is 35.0 Å². The van der Waals surface area contributed by atoms with Gasteiger partial charge in [0.15, 0.2) is 5.17 Å². The summed E-state index contributed by atoms with van der Waals surface area (Å²) < 4.78 is 0. The van der Waals surface area contributed by atoms with E-state index in [4.69, 9.17) is 23.2 Å². The van der Waals surface area contributed by atoms with Crippen molar-refractivity contribution in [1.82, 2.24) is 5.32 Å². The van der Waals surface area contributed by atoms with E-state index in [9.17, 15) is 9.59 Å². The molecule has 24 heavy (non-hydrogen) atoms. The zero-order chi connectivity index (χ0) is 17.7. The van der Waals surface area contributed by atoms with Gasteiger partial charge in [0.25, 0.3) is 0 Å². The molecule has 0 spiro atoms. The molecule has 2 amide bonds. The molecule has 2 rings (SSSR count). The third-order valence-electron chi connectivity index (χ3n) is 3.33. The SMILES string of the molecule is CC(C)CCN=C1NC(=O)[C@@H](CC(=O)Nc2cccc(Cl)c2Cl)S1. The van der Waals surface area contributed by atoms with Crippen LogP contribution in [0.3, 0.4) is 0 Å². The van der Waals surface area contributed by atoms with Gasteiger partial charge in [-0.05, 0) is 24.5 Å². The number of nitrogens with one attached hydrogen (secondary N) is 2. The van der Waals surface area contributed by atoms with E-state index in [0.717, 1.165) is 6.42 Å². The topological polar surface area (TPSA) is 70.6 Å². The molecular formula is C16H19Cl2N3O2S. The van der Waals surface area contributed by atoms with E-state index >= 15 is 0 Å². The highest BCUT2D eigenvalue weighted by atomic mass is 35.5. The second-order valence-electron chi connectivity index (χ2n) is 5.82. The van der Waals surface area contributed by atoms with Crippen molar-refractivity contribution < 1.29 is 9.59 Å². The Balaban J connectivity index is 1.90. The molecule has 130 valence electrons. The summed E-state index contributed by atoms with van der Waals surface area (Å²) in [5, 5.41) is 6.14. The van der Waals surface area contributed by atoms with Gasteiger partial charge in [-0.1, -0.05) is 54.9 Å². The van der Waals surface area contributed by atoms with Crippen molar-refractivity contribution >= 4 is 57.6 Å². The predicted molar refractivity (Wildman–Crippen MR) is 101 cm³/mol. The highest BCUT2D eigenvalue weighted by Crippen LogP contribution is 2.30. The van der Waals surface area contributed by atoms with Crippen LogP contribution in [0.1, 0.15) is 26.7 Å². The van der Waals surface area contributed by atoms with Crippen LogP contribution in [0.5, 0.6) is 0 Å². The van der Waals surface area contributed by atoms with Gasteiger partial charge in [-0.2, -0.15) is 0 Å². The molecule has 1 heterocycles. The van der Waals surface area contributed by atoms with Gasteiger partial charge in [0, 0.05) is 13.0 Å². The minimum absolute atomic E-state index is 0.0442. The van der Waals surface area contributed by atoms with Crippen LogP contribution in [-0.2, 0) is 9.59 Å². The van der Waals surface area contributed by atoms with E-state index in [-0.39, 0.29) is 23.3 Å². The van der Waals surface area contributed by atoms with Crippen molar-refractivity contribution in [2.45, 2.75) is 31.9 Å². The molecule has 8 heteroatoms. The van der Waals surface area contributed by atoms with Gasteiger partial charge < -0.3 is 10.6 Å². The molecule has 1 aromatic carbocycles. The number of aliphatic imine (C=N–C) groups is 1. The number of nitrogens with zero attached hydrogens (tertiary/aromatic N) is 1. The van der Waals surface area contributed by atoms with E-state index in [2.05, 4.69) is 29.5 Å². The molecule has 1 atom stereocenters. The van der Waals surface area contributed by atoms with Gasteiger partial charge in [0.1, 0.15) is 5.25 Å². The van der Waals surface area contributed by atoms with Gasteiger partial charge in [-0.3, -0.25) is 14.6 Å². The number of amidine groups is 1. The van der Waals surface area contributed by atoms with Crippen molar-refractivity contribution in [3.8, 4) is 0 Å². The van der Waals surface area contributed by atoms with Gasteiger partial charge >= 0.3 is 0 Å². The first-order chi connectivity index (χ1) is 11.4. The fourth-order valence-electron chi connectivity index (χ4n) is 2.01. The van der Waals surface area contributed by atoms with Gasteiger partial charge in [0.05, 0.1) is 15.7 Å². The minimum Gasteiger partial charge on any atom is -0.325 e. The van der Waals surface area contributed by atoms with Crippen molar-refractivity contribution in [2.75, 3.05) is 11.9 Å². The number of amides is 2. The number of carbonyl (C=O) groups is 2. The molecule has 0 aliphatic carbocycles. The lowest BCUT2D eigenvalue weighted by molar-refractivity contribution is -0.122. The zero-order valence-corrected chi connectivity index (χ0v) is 15.8. The Labute approximate surface area is 155 Å². The van der Waals surface area contributed by atoms with E-state index < -0.39 is 5.25 Å². The molecule has 2 N–H and O–H groups in total. The van der Waals surface area contributed by atoms with Crippen LogP contribution in [0.15, 0.2) is 23.2 Å². The van der Waals surface area contributed by atoms with Crippen LogP contribution in [0, 0.1) is 5.92 Å². The quantitative estimate of drug-likeness (QED) is 0.775. The third-order valence-corrected chi connectivity index (χ3v) is 5.27. The van der Waals surface area contributed by atoms with Crippen molar-refractivity contribution in [3.63, 3.8) is 0 Å². The summed E-state index contributed by atoms with van der Waals surface area (Å²) in [4.78, 5) is 28.5. The Hall–Kier alpha value is -1.24. The molecule has 1 aliphatic rings. The maximum absolute atomic E-state index is 12.1. The fraction of sp³-hybridized carbons (Fsp3) is 0.438. The molecule has 1 aromatic rings. The Bertz CT molecular complexity index is 665. The summed E-state index contributed by atoms with van der Waals surface area (Å²) in [7, 11) is 0. The first-order valence-corrected chi connectivity index (χ1v) is 9.26. The predicted octanol–water partition coefficient (Wildman–Crippen LogP) is 3.96. The lowest BCUT2D eigenvalue weighted by atomic mass is 10.1. The molecule has 0 bridgehead atoms. The van der Waals surface area contributed by atoms with Crippen LogP contribution in [0.4, 0.5) is 5.69 Å². The Morgan fingerprint density at radius 3 is 2.88 bits per heavy atom. The summed E-state index contributed by atoms with van der Waals surface area (Å²) in [6, 6.07) is 4.99. The number of hydrogen-bond acceptors (Lipinski definition) is 4. The van der Waals surface area contributed by atoms with Crippen LogP contribution < -0.4 is 10.6 Å². The van der Waals surface area contributed by atoms with Crippen molar-refractivity contribution in [1.29, 1.82) is 0 Å². The van der Waals surface area contributed by atoms with Crippen LogP contribution in [-0.4, -0.2) is 28.8 Å². The summed E-state index contributed by atoms with van der Waals surface area (Å²) in [5.41, 5.74) is 0.434. The molecular weight excluding hydrogens is 369 g/mol. The number of thioether (sulfide) groups is 1. The first-order valence-electron chi connectivity index (χ1n) is 7.62. The third kappa shape index (κ3) is 5.40. The lowest BCUT2D eigenvalue weighted by Gasteiger charge is -2.09. The first kappa shape index (κ1) is 19.1. The standard InChI is InChI=1S/C16H19Cl2N3O2S/c1-9(2)6-7-19-16-21-15(23)12(24-16)8-13(22)20-11-5-3-4-10(17)14(11)18/h3-5,9,12H,6-8H2,1-2H3,(H,20,22)(H,19,21,23)/t12-/m1/s1. The monoisotopic (exact) mass is 387 g/mol. The Morgan fingerprint density at radius 2 is 2.17 bits per heavy atom. The average molecular weight is 388 g/mol. The maximum Gasteiger partial charge on any atom is 0.240 e. The molecule has 1 saturated heterocycles. The van der Waals surface area contributed by atoms with Crippen molar-refractivity contribution in [2.24, 2.45) is 10.9 Å². The average Bonchev–Trinajstić information content (AvgIpc) is 2.83. The maximum atomic E-state index is 12.1. The number of hydrogen-bond donors (Lipinski definition) is 2. The minimum atomic E-state index is -0.485. The van der Waals surface area contributed by atoms with Gasteiger partial charge in [0.2, 0.25) is 11.8 Å². The summed E-state index contributed by atoms with van der Waals surface area (Å²) in [6.07, 6.45) is 1.00. The van der Waals surface area contributed by atoms with Gasteiger partial charge in [-0.25, -0.2) is 0 Å². The normalized spacial score (nSPS) is 19.0. The molecule has 1 aliphatic heterocycles. The van der Waals surface area contributed by atoms with Crippen molar-refractivity contribution in [3.05, 3.63) is 28.2 Å². The highest BCUT2D eigenvalue weighted by Gasteiger charge is 2.32. The molecule has 0 unspecified atom stereocenters. The zero-order valence-electron chi connectivity index (χ0n) is 13.4. The summed E-state index contributed by atoms with van der Waals surface area (Å²) in [6.45, 7) is 4.90. The molecule has 0 aromatic heterocycles. The largest absolute Gasteiger partial charge is 0.325 e. The van der Waals surface area contributed by atoms with E-state index in [1.54, 1.807) is 18.2 Å². The van der Waals surface area contributed by atoms with Crippen LogP contribution in [0.2, 0.25) is 10.0 Å². The molecule has 0 radical (unpaired) electrons. The Morgan fingerprint density at radius 1 is 1.42 bits per heavy atom.